The molecule has 0 radical (unpaired) electrons. The lowest BCUT2D eigenvalue weighted by Gasteiger charge is -2.21. The number of fused-ring (bicyclic) bond motifs is 1. The van der Waals surface area contributed by atoms with Crippen molar-refractivity contribution >= 4 is 22.4 Å². The van der Waals surface area contributed by atoms with Gasteiger partial charge in [0.1, 0.15) is 17.8 Å². The summed E-state index contributed by atoms with van der Waals surface area (Å²) in [5.74, 6) is 0.804. The Bertz CT molecular complexity index is 993. The molecule has 1 aromatic heterocycles. The molecule has 0 aliphatic heterocycles. The fourth-order valence-corrected chi connectivity index (χ4v) is 2.65. The molecule has 3 aromatic rings. The molecule has 0 aliphatic rings. The first-order valence-corrected chi connectivity index (χ1v) is 7.57. The van der Waals surface area contributed by atoms with Crippen molar-refractivity contribution in [3.8, 4) is 11.5 Å². The highest BCUT2D eigenvalue weighted by Crippen LogP contribution is 2.32. The first kappa shape index (κ1) is 16.6. The summed E-state index contributed by atoms with van der Waals surface area (Å²) >= 11 is 0. The van der Waals surface area contributed by atoms with Gasteiger partial charge in [0.25, 0.3) is 5.91 Å². The SMILES string of the molecule is COc1ccc(N(C)C(=O)c2coc(=O)c3ccccc23)c(OC)c1. The molecule has 0 spiro atoms. The number of hydrogen-bond acceptors (Lipinski definition) is 5. The van der Waals surface area contributed by atoms with Crippen molar-refractivity contribution in [1.29, 1.82) is 0 Å². The van der Waals surface area contributed by atoms with Gasteiger partial charge in [-0.1, -0.05) is 18.2 Å². The van der Waals surface area contributed by atoms with E-state index < -0.39 is 5.63 Å². The van der Waals surface area contributed by atoms with Crippen LogP contribution in [0.25, 0.3) is 10.8 Å². The van der Waals surface area contributed by atoms with Crippen LogP contribution in [-0.4, -0.2) is 27.2 Å². The van der Waals surface area contributed by atoms with Crippen molar-refractivity contribution < 1.29 is 18.7 Å². The highest BCUT2D eigenvalue weighted by Gasteiger charge is 2.21. The van der Waals surface area contributed by atoms with E-state index >= 15 is 0 Å². The van der Waals surface area contributed by atoms with Crippen LogP contribution in [0.15, 0.2) is 57.9 Å². The summed E-state index contributed by atoms with van der Waals surface area (Å²) < 4.78 is 15.5. The number of nitrogens with zero attached hydrogens (tertiary/aromatic N) is 1. The van der Waals surface area contributed by atoms with E-state index in [2.05, 4.69) is 0 Å². The zero-order valence-corrected chi connectivity index (χ0v) is 14.1. The third-order valence-corrected chi connectivity index (χ3v) is 4.00. The molecule has 0 N–H and O–H groups in total. The molecular weight excluding hydrogens is 322 g/mol. The smallest absolute Gasteiger partial charge is 0.343 e. The van der Waals surface area contributed by atoms with Gasteiger partial charge in [-0.05, 0) is 18.2 Å². The maximum atomic E-state index is 13.0. The Labute approximate surface area is 144 Å². The first-order valence-electron chi connectivity index (χ1n) is 7.57. The minimum Gasteiger partial charge on any atom is -0.497 e. The maximum absolute atomic E-state index is 13.0. The number of carbonyl (C=O) groups is 1. The van der Waals surface area contributed by atoms with E-state index in [0.717, 1.165) is 0 Å². The zero-order valence-electron chi connectivity index (χ0n) is 14.1. The molecule has 1 heterocycles. The fraction of sp³-hybridized carbons (Fsp3) is 0.158. The van der Waals surface area contributed by atoms with Gasteiger partial charge in [0.15, 0.2) is 0 Å². The fourth-order valence-electron chi connectivity index (χ4n) is 2.65. The van der Waals surface area contributed by atoms with E-state index in [9.17, 15) is 9.59 Å². The largest absolute Gasteiger partial charge is 0.497 e. The Hall–Kier alpha value is -3.28. The Kier molecular flexibility index (Phi) is 4.43. The number of ether oxygens (including phenoxy) is 2. The number of carbonyl (C=O) groups excluding carboxylic acids is 1. The highest BCUT2D eigenvalue weighted by molar-refractivity contribution is 6.13. The predicted octanol–water partition coefficient (Wildman–Crippen LogP) is 3.09. The number of methoxy groups -OCH3 is 2. The molecular formula is C19H17NO5. The van der Waals surface area contributed by atoms with Crippen LogP contribution in [-0.2, 0) is 0 Å². The van der Waals surface area contributed by atoms with E-state index in [-0.39, 0.29) is 5.91 Å². The van der Waals surface area contributed by atoms with Gasteiger partial charge in [-0.2, -0.15) is 0 Å². The lowest BCUT2D eigenvalue weighted by molar-refractivity contribution is 0.0992. The van der Waals surface area contributed by atoms with Crippen LogP contribution in [0.5, 0.6) is 11.5 Å². The molecule has 1 amide bonds. The molecule has 128 valence electrons. The molecule has 6 nitrogen and oxygen atoms in total. The van der Waals surface area contributed by atoms with Crippen LogP contribution in [0.3, 0.4) is 0 Å². The van der Waals surface area contributed by atoms with Gasteiger partial charge in [-0.25, -0.2) is 4.79 Å². The molecule has 0 fully saturated rings. The van der Waals surface area contributed by atoms with Gasteiger partial charge in [0.05, 0.1) is 30.9 Å². The van der Waals surface area contributed by atoms with Crippen molar-refractivity contribution in [3.63, 3.8) is 0 Å². The van der Waals surface area contributed by atoms with Gasteiger partial charge >= 0.3 is 5.63 Å². The van der Waals surface area contributed by atoms with Crippen molar-refractivity contribution in [3.05, 3.63) is 64.7 Å². The van der Waals surface area contributed by atoms with Crippen LogP contribution < -0.4 is 20.0 Å². The molecule has 0 atom stereocenters. The minimum absolute atomic E-state index is 0.301. The highest BCUT2D eigenvalue weighted by atomic mass is 16.5. The third-order valence-electron chi connectivity index (χ3n) is 4.00. The zero-order chi connectivity index (χ0) is 18.0. The number of anilines is 1. The third kappa shape index (κ3) is 2.94. The topological polar surface area (TPSA) is 69.0 Å². The average molecular weight is 339 g/mol. The molecule has 2 aromatic carbocycles. The number of benzene rings is 2. The van der Waals surface area contributed by atoms with E-state index in [1.165, 1.54) is 18.3 Å². The first-order chi connectivity index (χ1) is 12.1. The Morgan fingerprint density at radius 1 is 1.04 bits per heavy atom. The van der Waals surface area contributed by atoms with Crippen LogP contribution >= 0.6 is 0 Å². The summed E-state index contributed by atoms with van der Waals surface area (Å²) in [6.45, 7) is 0. The lowest BCUT2D eigenvalue weighted by atomic mass is 10.1. The van der Waals surface area contributed by atoms with Gasteiger partial charge in [-0.15, -0.1) is 0 Å². The van der Waals surface area contributed by atoms with E-state index in [4.69, 9.17) is 13.9 Å². The number of amides is 1. The van der Waals surface area contributed by atoms with Crippen LogP contribution in [0.2, 0.25) is 0 Å². The molecule has 0 saturated heterocycles. The van der Waals surface area contributed by atoms with Crippen LogP contribution in [0, 0.1) is 0 Å². The Morgan fingerprint density at radius 3 is 2.44 bits per heavy atom. The van der Waals surface area contributed by atoms with Gasteiger partial charge in [0.2, 0.25) is 0 Å². The standard InChI is InChI=1S/C19H17NO5/c1-20(16-9-8-12(23-2)10-17(16)24-3)18(21)15-11-25-19(22)14-7-5-4-6-13(14)15/h4-11H,1-3H3. The lowest BCUT2D eigenvalue weighted by Crippen LogP contribution is -2.27. The molecule has 25 heavy (non-hydrogen) atoms. The molecule has 0 bridgehead atoms. The molecule has 0 saturated carbocycles. The van der Waals surface area contributed by atoms with Gasteiger partial charge in [-0.3, -0.25) is 4.79 Å². The van der Waals surface area contributed by atoms with Crippen LogP contribution in [0.1, 0.15) is 10.4 Å². The average Bonchev–Trinajstić information content (AvgIpc) is 2.67. The summed E-state index contributed by atoms with van der Waals surface area (Å²) in [7, 11) is 4.71. The minimum atomic E-state index is -0.475. The summed E-state index contributed by atoms with van der Waals surface area (Å²) in [6, 6.07) is 12.0. The summed E-state index contributed by atoms with van der Waals surface area (Å²) in [5.41, 5.74) is 0.399. The maximum Gasteiger partial charge on any atom is 0.343 e. The second-order valence-corrected chi connectivity index (χ2v) is 5.38. The molecule has 0 unspecified atom stereocenters. The van der Waals surface area contributed by atoms with Crippen molar-refractivity contribution in [2.75, 3.05) is 26.2 Å². The van der Waals surface area contributed by atoms with Gasteiger partial charge in [0, 0.05) is 18.5 Å². The molecule has 0 aliphatic carbocycles. The summed E-state index contributed by atoms with van der Waals surface area (Å²) in [5, 5.41) is 0.909. The second kappa shape index (κ2) is 6.68. The quantitative estimate of drug-likeness (QED) is 0.730. The van der Waals surface area contributed by atoms with Crippen molar-refractivity contribution in [2.24, 2.45) is 0 Å². The van der Waals surface area contributed by atoms with Crippen molar-refractivity contribution in [2.45, 2.75) is 0 Å². The van der Waals surface area contributed by atoms with Gasteiger partial charge < -0.3 is 18.8 Å². The Balaban J connectivity index is 2.08. The van der Waals surface area contributed by atoms with E-state index in [0.29, 0.717) is 33.5 Å². The van der Waals surface area contributed by atoms with E-state index in [1.54, 1.807) is 56.6 Å². The number of rotatable bonds is 4. The van der Waals surface area contributed by atoms with Crippen LogP contribution in [0.4, 0.5) is 5.69 Å². The molecule has 6 heteroatoms. The summed E-state index contributed by atoms with van der Waals surface area (Å²) in [4.78, 5) is 26.3. The molecule has 3 rings (SSSR count). The second-order valence-electron chi connectivity index (χ2n) is 5.38. The number of hydrogen-bond donors (Lipinski definition) is 0. The monoisotopic (exact) mass is 339 g/mol. The van der Waals surface area contributed by atoms with Crippen molar-refractivity contribution in [1.82, 2.24) is 0 Å². The van der Waals surface area contributed by atoms with E-state index in [1.807, 2.05) is 0 Å². The predicted molar refractivity (Wildman–Crippen MR) is 94.8 cm³/mol. The normalized spacial score (nSPS) is 10.5. The summed E-state index contributed by atoms with van der Waals surface area (Å²) in [6.07, 6.45) is 1.19. The Morgan fingerprint density at radius 2 is 1.76 bits per heavy atom.